The summed E-state index contributed by atoms with van der Waals surface area (Å²) in [6, 6.07) is 14.3. The van der Waals surface area contributed by atoms with Crippen LogP contribution in [-0.4, -0.2) is 10.8 Å². The summed E-state index contributed by atoms with van der Waals surface area (Å²) in [4.78, 5) is 15.6. The largest absolute Gasteiger partial charge is 0.375 e. The number of nitrogens with zero attached hydrogens (tertiary/aromatic N) is 3. The Kier molecular flexibility index (Phi) is 4.69. The molecule has 0 radical (unpaired) electrons. The first-order valence-electron chi connectivity index (χ1n) is 7.08. The van der Waals surface area contributed by atoms with E-state index in [1.807, 2.05) is 18.2 Å². The molecule has 0 aliphatic heterocycles. The molecule has 0 atom stereocenters. The number of rotatable bonds is 4. The second-order valence-electron chi connectivity index (χ2n) is 4.99. The summed E-state index contributed by atoms with van der Waals surface area (Å²) in [5.41, 5.74) is 8.44. The van der Waals surface area contributed by atoms with Gasteiger partial charge in [-0.05, 0) is 37.3 Å². The summed E-state index contributed by atoms with van der Waals surface area (Å²) in [5.74, 6) is 0.00900. The maximum atomic E-state index is 11.3. The van der Waals surface area contributed by atoms with Gasteiger partial charge in [-0.1, -0.05) is 41.1 Å². The zero-order chi connectivity index (χ0) is 17.1. The molecular formula is C17H13ClN4OS. The number of thiazole rings is 1. The van der Waals surface area contributed by atoms with E-state index in [1.54, 1.807) is 30.3 Å². The van der Waals surface area contributed by atoms with Gasteiger partial charge in [-0.15, -0.1) is 10.2 Å². The highest BCUT2D eigenvalue weighted by Gasteiger charge is 2.14. The quantitative estimate of drug-likeness (QED) is 0.483. The maximum absolute atomic E-state index is 11.3. The lowest BCUT2D eigenvalue weighted by Gasteiger charge is -2.00. The van der Waals surface area contributed by atoms with Crippen LogP contribution in [0.5, 0.6) is 0 Å². The van der Waals surface area contributed by atoms with E-state index in [1.165, 1.54) is 18.3 Å². The lowest BCUT2D eigenvalue weighted by atomic mass is 10.1. The Morgan fingerprint density at radius 2 is 1.83 bits per heavy atom. The van der Waals surface area contributed by atoms with Crippen LogP contribution >= 0.6 is 22.9 Å². The normalized spacial score (nSPS) is 11.1. The molecule has 1 heterocycles. The van der Waals surface area contributed by atoms with Gasteiger partial charge in [-0.2, -0.15) is 0 Å². The lowest BCUT2D eigenvalue weighted by molar-refractivity contribution is 0.101. The van der Waals surface area contributed by atoms with Crippen molar-refractivity contribution in [2.24, 2.45) is 10.2 Å². The Morgan fingerprint density at radius 3 is 2.50 bits per heavy atom. The highest BCUT2D eigenvalue weighted by atomic mass is 35.5. The van der Waals surface area contributed by atoms with Gasteiger partial charge in [-0.25, -0.2) is 4.98 Å². The number of hydrogen-bond acceptors (Lipinski definition) is 6. The topological polar surface area (TPSA) is 80.7 Å². The molecule has 2 aromatic carbocycles. The Labute approximate surface area is 147 Å². The van der Waals surface area contributed by atoms with Crippen molar-refractivity contribution in [1.82, 2.24) is 4.98 Å². The van der Waals surface area contributed by atoms with Crippen molar-refractivity contribution in [3.63, 3.8) is 0 Å². The minimum atomic E-state index is 0.00900. The van der Waals surface area contributed by atoms with E-state index >= 15 is 0 Å². The fraction of sp³-hybridized carbons (Fsp3) is 0.0588. The predicted octanol–water partition coefficient (Wildman–Crippen LogP) is 5.66. The minimum Gasteiger partial charge on any atom is -0.375 e. The van der Waals surface area contributed by atoms with Gasteiger partial charge in [0, 0.05) is 11.1 Å². The van der Waals surface area contributed by atoms with E-state index in [-0.39, 0.29) is 5.78 Å². The van der Waals surface area contributed by atoms with Crippen molar-refractivity contribution in [2.75, 3.05) is 5.73 Å². The van der Waals surface area contributed by atoms with E-state index in [0.29, 0.717) is 32.1 Å². The molecule has 0 spiro atoms. The molecule has 24 heavy (non-hydrogen) atoms. The Balaban J connectivity index is 1.93. The van der Waals surface area contributed by atoms with Crippen LogP contribution < -0.4 is 5.73 Å². The zero-order valence-corrected chi connectivity index (χ0v) is 14.3. The molecule has 0 bridgehead atoms. The van der Waals surface area contributed by atoms with Crippen LogP contribution in [0.4, 0.5) is 15.8 Å². The summed E-state index contributed by atoms with van der Waals surface area (Å²) >= 11 is 7.46. The number of azo groups is 1. The van der Waals surface area contributed by atoms with Crippen LogP contribution in [0.25, 0.3) is 11.3 Å². The van der Waals surface area contributed by atoms with Gasteiger partial charge in [0.2, 0.25) is 0 Å². The van der Waals surface area contributed by atoms with Gasteiger partial charge in [0.05, 0.1) is 10.7 Å². The zero-order valence-electron chi connectivity index (χ0n) is 12.7. The van der Waals surface area contributed by atoms with E-state index in [2.05, 4.69) is 15.2 Å². The SMILES string of the molecule is CC(=O)c1ccc(N=Nc2sc(N)nc2-c2ccccc2Cl)cc1. The van der Waals surface area contributed by atoms with Crippen LogP contribution in [0, 0.1) is 0 Å². The summed E-state index contributed by atoms with van der Waals surface area (Å²) in [5, 5.41) is 9.99. The number of benzene rings is 2. The molecule has 3 aromatic rings. The van der Waals surface area contributed by atoms with Crippen LogP contribution in [-0.2, 0) is 0 Å². The molecule has 0 saturated heterocycles. The molecule has 0 fully saturated rings. The van der Waals surface area contributed by atoms with Crippen molar-refractivity contribution < 1.29 is 4.79 Å². The van der Waals surface area contributed by atoms with Crippen molar-refractivity contribution >= 4 is 44.5 Å². The molecule has 0 unspecified atom stereocenters. The third-order valence-corrected chi connectivity index (χ3v) is 4.38. The van der Waals surface area contributed by atoms with Crippen LogP contribution in [0.15, 0.2) is 58.8 Å². The van der Waals surface area contributed by atoms with Crippen molar-refractivity contribution in [1.29, 1.82) is 0 Å². The average Bonchev–Trinajstić information content (AvgIpc) is 2.94. The third kappa shape index (κ3) is 3.50. The van der Waals surface area contributed by atoms with Crippen molar-refractivity contribution in [2.45, 2.75) is 6.92 Å². The fourth-order valence-corrected chi connectivity index (χ4v) is 2.98. The van der Waals surface area contributed by atoms with E-state index in [9.17, 15) is 4.79 Å². The standard InChI is InChI=1S/C17H13ClN4OS/c1-10(23)11-6-8-12(9-7-11)21-22-16-15(20-17(19)24-16)13-4-2-3-5-14(13)18/h2-9H,1H3,(H2,19,20). The van der Waals surface area contributed by atoms with Crippen molar-refractivity contribution in [3.8, 4) is 11.3 Å². The number of nitrogens with two attached hydrogens (primary N) is 1. The number of hydrogen-bond donors (Lipinski definition) is 1. The second kappa shape index (κ2) is 6.90. The Hall–Kier alpha value is -2.57. The van der Waals surface area contributed by atoms with E-state index in [4.69, 9.17) is 17.3 Å². The molecule has 7 heteroatoms. The number of carbonyl (C=O) groups is 1. The number of halogens is 1. The first-order valence-corrected chi connectivity index (χ1v) is 8.28. The molecule has 2 N–H and O–H groups in total. The average molecular weight is 357 g/mol. The third-order valence-electron chi connectivity index (χ3n) is 3.28. The number of ketones is 1. The number of nitrogen functional groups attached to an aromatic ring is 1. The highest BCUT2D eigenvalue weighted by Crippen LogP contribution is 2.40. The van der Waals surface area contributed by atoms with E-state index < -0.39 is 0 Å². The van der Waals surface area contributed by atoms with Gasteiger partial charge in [0.25, 0.3) is 0 Å². The van der Waals surface area contributed by atoms with Gasteiger partial charge in [0.15, 0.2) is 15.9 Å². The molecule has 1 aromatic heterocycles. The molecule has 0 aliphatic rings. The van der Waals surface area contributed by atoms with Crippen LogP contribution in [0.2, 0.25) is 5.02 Å². The van der Waals surface area contributed by atoms with Gasteiger partial charge in [-0.3, -0.25) is 4.79 Å². The predicted molar refractivity (Wildman–Crippen MR) is 97.6 cm³/mol. The summed E-state index contributed by atoms with van der Waals surface area (Å²) in [7, 11) is 0. The number of Topliss-reactive ketones (excluding diaryl/α,β-unsaturated/α-hetero) is 1. The maximum Gasteiger partial charge on any atom is 0.182 e. The Morgan fingerprint density at radius 1 is 1.12 bits per heavy atom. The molecule has 0 aliphatic carbocycles. The molecule has 5 nitrogen and oxygen atoms in total. The van der Waals surface area contributed by atoms with Gasteiger partial charge in [0.1, 0.15) is 5.69 Å². The van der Waals surface area contributed by atoms with E-state index in [0.717, 1.165) is 5.56 Å². The molecule has 0 saturated carbocycles. The summed E-state index contributed by atoms with van der Waals surface area (Å²) in [6.07, 6.45) is 0. The minimum absolute atomic E-state index is 0.00900. The molecule has 0 amide bonds. The number of carbonyl (C=O) groups excluding carboxylic acids is 1. The smallest absolute Gasteiger partial charge is 0.182 e. The number of anilines is 1. The highest BCUT2D eigenvalue weighted by molar-refractivity contribution is 7.19. The first kappa shape index (κ1) is 16.3. The first-order chi connectivity index (χ1) is 11.5. The van der Waals surface area contributed by atoms with Crippen LogP contribution in [0.3, 0.4) is 0 Å². The second-order valence-corrected chi connectivity index (χ2v) is 6.41. The monoisotopic (exact) mass is 356 g/mol. The van der Waals surface area contributed by atoms with Crippen molar-refractivity contribution in [3.05, 3.63) is 59.1 Å². The molecular weight excluding hydrogens is 344 g/mol. The Bertz CT molecular complexity index is 919. The number of aromatic nitrogens is 1. The van der Waals surface area contributed by atoms with Gasteiger partial charge >= 0.3 is 0 Å². The molecule has 120 valence electrons. The lowest BCUT2D eigenvalue weighted by Crippen LogP contribution is -1.89. The molecule has 3 rings (SSSR count). The summed E-state index contributed by atoms with van der Waals surface area (Å²) < 4.78 is 0. The summed E-state index contributed by atoms with van der Waals surface area (Å²) in [6.45, 7) is 1.52. The fourth-order valence-electron chi connectivity index (χ4n) is 2.09. The van der Waals surface area contributed by atoms with Crippen LogP contribution in [0.1, 0.15) is 17.3 Å². The van der Waals surface area contributed by atoms with Gasteiger partial charge < -0.3 is 5.73 Å².